The molecule has 8 nitrogen and oxygen atoms in total. The number of hydrogen-bond acceptors (Lipinski definition) is 7. The van der Waals surface area contributed by atoms with E-state index in [2.05, 4.69) is 0 Å². The van der Waals surface area contributed by atoms with Crippen LogP contribution >= 0.6 is 0 Å². The number of Topliss-reactive ketones (excluding diaryl/α,β-unsaturated/α-hetero) is 1. The Kier molecular flexibility index (Phi) is 16.9. The molecule has 0 saturated carbocycles. The lowest BCUT2D eigenvalue weighted by Crippen LogP contribution is -2.23. The molecule has 0 radical (unpaired) electrons. The Balaban J connectivity index is 4.78. The normalized spacial score (nSPS) is 16.2. The minimum atomic E-state index is -1.02. The number of ketones is 4. The van der Waals surface area contributed by atoms with E-state index >= 15 is 0 Å². The van der Waals surface area contributed by atoms with Crippen molar-refractivity contribution in [2.45, 2.75) is 86.2 Å². The molecule has 0 aliphatic rings. The number of aliphatic hydroxyl groups excluding tert-OH is 1. The Labute approximate surface area is 226 Å². The number of carboxylic acids is 1. The van der Waals surface area contributed by atoms with Gasteiger partial charge in [0.1, 0.15) is 5.78 Å². The summed E-state index contributed by atoms with van der Waals surface area (Å²) in [6.07, 6.45) is 8.45. The van der Waals surface area contributed by atoms with E-state index in [1.54, 1.807) is 46.8 Å². The van der Waals surface area contributed by atoms with Gasteiger partial charge in [0.25, 0.3) is 0 Å². The third-order valence-electron chi connectivity index (χ3n) is 6.04. The molecule has 38 heavy (non-hydrogen) atoms. The summed E-state index contributed by atoms with van der Waals surface area (Å²) in [5.74, 6) is -2.37. The molecular weight excluding hydrogens is 486 g/mol. The van der Waals surface area contributed by atoms with Gasteiger partial charge < -0.3 is 15.9 Å². The molecule has 0 aliphatic heterocycles. The van der Waals surface area contributed by atoms with Crippen LogP contribution in [0.4, 0.5) is 0 Å². The van der Waals surface area contributed by atoms with Crippen molar-refractivity contribution in [3.05, 3.63) is 47.1 Å². The van der Waals surface area contributed by atoms with Crippen molar-refractivity contribution in [2.24, 2.45) is 23.5 Å². The number of nitrogens with two attached hydrogens (primary N) is 1. The van der Waals surface area contributed by atoms with Gasteiger partial charge in [-0.05, 0) is 68.9 Å². The zero-order valence-corrected chi connectivity index (χ0v) is 23.7. The fourth-order valence-corrected chi connectivity index (χ4v) is 3.77. The molecule has 0 aromatic heterocycles. The van der Waals surface area contributed by atoms with Gasteiger partial charge in [0.15, 0.2) is 17.3 Å². The Hall–Kier alpha value is -2.97. The highest BCUT2D eigenvalue weighted by atomic mass is 16.4. The average molecular weight is 532 g/mol. The van der Waals surface area contributed by atoms with E-state index in [-0.39, 0.29) is 54.4 Å². The van der Waals surface area contributed by atoms with Crippen LogP contribution in [0.25, 0.3) is 0 Å². The molecule has 0 fully saturated rings. The zero-order valence-electron chi connectivity index (χ0n) is 23.7. The van der Waals surface area contributed by atoms with Gasteiger partial charge in [-0.2, -0.15) is 0 Å². The van der Waals surface area contributed by atoms with E-state index < -0.39 is 18.0 Å². The highest BCUT2D eigenvalue weighted by Crippen LogP contribution is 2.16. The SMILES string of the molecule is CC(/C=C/C(C)=C/C(=O)C(C)CCC(=O)C[C@@H](C)C[C@@H](O)CN)=C\C(=O)C[C@@H](C)C(=O)/C=C(\C)CC(=O)O. The van der Waals surface area contributed by atoms with Crippen LogP contribution in [0.1, 0.15) is 80.1 Å². The molecule has 4 atom stereocenters. The second-order valence-electron chi connectivity index (χ2n) is 10.5. The average Bonchev–Trinajstić information content (AvgIpc) is 2.79. The van der Waals surface area contributed by atoms with Crippen molar-refractivity contribution < 1.29 is 34.2 Å². The Morgan fingerprint density at radius 3 is 1.92 bits per heavy atom. The van der Waals surface area contributed by atoms with Crippen molar-refractivity contribution in [1.29, 1.82) is 0 Å². The van der Waals surface area contributed by atoms with Gasteiger partial charge in [-0.15, -0.1) is 0 Å². The van der Waals surface area contributed by atoms with Gasteiger partial charge in [0.2, 0.25) is 0 Å². The predicted molar refractivity (Wildman–Crippen MR) is 148 cm³/mol. The van der Waals surface area contributed by atoms with Gasteiger partial charge in [0, 0.05) is 37.6 Å². The Bertz CT molecular complexity index is 971. The first-order chi connectivity index (χ1) is 17.6. The first-order valence-corrected chi connectivity index (χ1v) is 13.1. The van der Waals surface area contributed by atoms with E-state index in [0.29, 0.717) is 42.4 Å². The maximum absolute atomic E-state index is 12.5. The maximum atomic E-state index is 12.5. The Morgan fingerprint density at radius 1 is 0.816 bits per heavy atom. The maximum Gasteiger partial charge on any atom is 0.307 e. The number of carboxylic acid groups (broad SMARTS) is 1. The van der Waals surface area contributed by atoms with Crippen LogP contribution in [0.3, 0.4) is 0 Å². The van der Waals surface area contributed by atoms with Gasteiger partial charge in [-0.25, -0.2) is 0 Å². The number of rotatable bonds is 19. The van der Waals surface area contributed by atoms with E-state index in [9.17, 15) is 29.1 Å². The van der Waals surface area contributed by atoms with Gasteiger partial charge in [-0.3, -0.25) is 24.0 Å². The fourth-order valence-electron chi connectivity index (χ4n) is 3.77. The number of allylic oxidation sites excluding steroid dienone is 7. The van der Waals surface area contributed by atoms with E-state index in [1.165, 1.54) is 18.2 Å². The van der Waals surface area contributed by atoms with Crippen molar-refractivity contribution in [1.82, 2.24) is 0 Å². The third kappa shape index (κ3) is 16.7. The lowest BCUT2D eigenvalue weighted by Gasteiger charge is -2.14. The zero-order chi connectivity index (χ0) is 29.4. The summed E-state index contributed by atoms with van der Waals surface area (Å²) in [4.78, 5) is 59.9. The van der Waals surface area contributed by atoms with Crippen LogP contribution in [0.5, 0.6) is 0 Å². The van der Waals surface area contributed by atoms with Crippen LogP contribution in [0, 0.1) is 17.8 Å². The molecular formula is C30H45NO7. The number of aliphatic hydroxyl groups is 1. The van der Waals surface area contributed by atoms with Crippen LogP contribution in [-0.2, 0) is 24.0 Å². The minimum absolute atomic E-state index is 0.0107. The molecule has 8 heteroatoms. The highest BCUT2D eigenvalue weighted by Gasteiger charge is 2.17. The molecule has 0 saturated heterocycles. The fraction of sp³-hybridized carbons (Fsp3) is 0.567. The topological polar surface area (TPSA) is 152 Å². The molecule has 4 N–H and O–H groups in total. The van der Waals surface area contributed by atoms with E-state index in [4.69, 9.17) is 10.8 Å². The standard InChI is InChI=1S/C30H45NO7/c1-19(11-26(33)17-24(6)29(36)15-22(4)16-30(37)38)7-8-20(2)14-28(35)23(5)9-10-25(32)12-21(3)13-27(34)18-31/h7-8,11,14-15,21,23-24,27,34H,9-10,12-13,16-18,31H2,1-6H3,(H,37,38)/b8-7+,19-11+,20-14+,22-15+/t21-,23?,24-,27-/m1/s1. The van der Waals surface area contributed by atoms with Crippen LogP contribution in [-0.4, -0.2) is 52.0 Å². The number of carbonyl (C=O) groups is 5. The minimum Gasteiger partial charge on any atom is -0.481 e. The lowest BCUT2D eigenvalue weighted by atomic mass is 9.92. The van der Waals surface area contributed by atoms with Crippen LogP contribution in [0.15, 0.2) is 47.1 Å². The molecule has 0 aromatic rings. The molecule has 212 valence electrons. The first kappa shape index (κ1) is 35.0. The summed E-state index contributed by atoms with van der Waals surface area (Å²) in [5.41, 5.74) is 7.21. The van der Waals surface area contributed by atoms with Gasteiger partial charge in [0.05, 0.1) is 12.5 Å². The molecule has 1 unspecified atom stereocenters. The van der Waals surface area contributed by atoms with Gasteiger partial charge >= 0.3 is 5.97 Å². The molecule has 0 amide bonds. The lowest BCUT2D eigenvalue weighted by molar-refractivity contribution is -0.136. The van der Waals surface area contributed by atoms with E-state index in [1.807, 2.05) is 6.92 Å². The quantitative estimate of drug-likeness (QED) is 0.165. The highest BCUT2D eigenvalue weighted by molar-refractivity contribution is 5.98. The smallest absolute Gasteiger partial charge is 0.307 e. The second-order valence-corrected chi connectivity index (χ2v) is 10.5. The molecule has 0 bridgehead atoms. The van der Waals surface area contributed by atoms with Gasteiger partial charge in [-0.1, -0.05) is 38.5 Å². The summed E-state index contributed by atoms with van der Waals surface area (Å²) in [7, 11) is 0. The molecule has 0 heterocycles. The second kappa shape index (κ2) is 18.3. The summed E-state index contributed by atoms with van der Waals surface area (Å²) in [5, 5.41) is 18.4. The van der Waals surface area contributed by atoms with Crippen molar-refractivity contribution >= 4 is 29.1 Å². The monoisotopic (exact) mass is 531 g/mol. The van der Waals surface area contributed by atoms with Crippen molar-refractivity contribution in [3.8, 4) is 0 Å². The number of aliphatic carboxylic acids is 1. The van der Waals surface area contributed by atoms with Crippen molar-refractivity contribution in [3.63, 3.8) is 0 Å². The summed E-state index contributed by atoms with van der Waals surface area (Å²) in [6.45, 7) is 10.6. The molecule has 0 rings (SSSR count). The number of carbonyl (C=O) groups excluding carboxylic acids is 4. The van der Waals surface area contributed by atoms with Crippen LogP contribution in [0.2, 0.25) is 0 Å². The largest absolute Gasteiger partial charge is 0.481 e. The summed E-state index contributed by atoms with van der Waals surface area (Å²) in [6, 6.07) is 0. The Morgan fingerprint density at radius 2 is 1.37 bits per heavy atom. The summed E-state index contributed by atoms with van der Waals surface area (Å²) >= 11 is 0. The van der Waals surface area contributed by atoms with E-state index in [0.717, 1.165) is 0 Å². The predicted octanol–water partition coefficient (Wildman–Crippen LogP) is 4.31. The number of hydrogen-bond donors (Lipinski definition) is 3. The molecule has 0 spiro atoms. The van der Waals surface area contributed by atoms with Crippen LogP contribution < -0.4 is 5.73 Å². The molecule has 0 aliphatic carbocycles. The molecule has 0 aromatic carbocycles. The third-order valence-corrected chi connectivity index (χ3v) is 6.04. The van der Waals surface area contributed by atoms with Crippen molar-refractivity contribution in [2.75, 3.05) is 6.54 Å². The summed E-state index contributed by atoms with van der Waals surface area (Å²) < 4.78 is 0. The first-order valence-electron chi connectivity index (χ1n) is 13.1.